The minimum absolute atomic E-state index is 0.444. The molecule has 0 saturated heterocycles. The van der Waals surface area contributed by atoms with Gasteiger partial charge in [-0.15, -0.1) is 0 Å². The van der Waals surface area contributed by atoms with Gasteiger partial charge in [0.25, 0.3) is 5.91 Å². The summed E-state index contributed by atoms with van der Waals surface area (Å²) in [5.74, 6) is -0.444. The molecule has 104 valence electrons. The Labute approximate surface area is 126 Å². The highest BCUT2D eigenvalue weighted by Crippen LogP contribution is 2.25. The number of nitrogens with two attached hydrogens (primary N) is 2. The molecule has 4 nitrogen and oxygen atoms in total. The van der Waals surface area contributed by atoms with Gasteiger partial charge in [0.15, 0.2) is 0 Å². The van der Waals surface area contributed by atoms with Gasteiger partial charge in [-0.3, -0.25) is 4.79 Å². The predicted octanol–water partition coefficient (Wildman–Crippen LogP) is 2.77. The lowest BCUT2D eigenvalue weighted by molar-refractivity contribution is 0.100. The molecule has 0 atom stereocenters. The third kappa shape index (κ3) is 3.30. The van der Waals surface area contributed by atoms with Crippen LogP contribution in [0.4, 0.5) is 11.4 Å². The molecule has 0 aliphatic carbocycles. The van der Waals surface area contributed by atoms with E-state index >= 15 is 0 Å². The van der Waals surface area contributed by atoms with Crippen molar-refractivity contribution < 1.29 is 4.79 Å². The Hall–Kier alpha value is -2.01. The number of nitrogen functional groups attached to an aromatic ring is 1. The van der Waals surface area contributed by atoms with Gasteiger partial charge >= 0.3 is 0 Å². The molecular formula is C15H16BrN3O. The molecule has 2 rings (SSSR count). The third-order valence-electron chi connectivity index (χ3n) is 3.01. The molecule has 2 aromatic rings. The molecule has 0 radical (unpaired) electrons. The van der Waals surface area contributed by atoms with Crippen LogP contribution in [0.25, 0.3) is 0 Å². The lowest BCUT2D eigenvalue weighted by atomic mass is 10.1. The van der Waals surface area contributed by atoms with Crippen LogP contribution in [-0.4, -0.2) is 13.0 Å². The zero-order valence-corrected chi connectivity index (χ0v) is 12.7. The summed E-state index contributed by atoms with van der Waals surface area (Å²) in [5.41, 5.74) is 14.3. The minimum Gasteiger partial charge on any atom is -0.399 e. The first-order valence-electron chi connectivity index (χ1n) is 6.12. The first-order valence-corrected chi connectivity index (χ1v) is 6.91. The van der Waals surface area contributed by atoms with Crippen molar-refractivity contribution in [2.45, 2.75) is 6.54 Å². The van der Waals surface area contributed by atoms with Crippen molar-refractivity contribution in [2.24, 2.45) is 5.73 Å². The summed E-state index contributed by atoms with van der Waals surface area (Å²) in [6.07, 6.45) is 0. The average Bonchev–Trinajstić information content (AvgIpc) is 2.38. The van der Waals surface area contributed by atoms with Gasteiger partial charge in [0, 0.05) is 29.4 Å². The molecule has 0 spiro atoms. The van der Waals surface area contributed by atoms with E-state index in [9.17, 15) is 4.79 Å². The van der Waals surface area contributed by atoms with Gasteiger partial charge in [-0.05, 0) is 35.9 Å². The molecule has 0 aliphatic rings. The van der Waals surface area contributed by atoms with Crippen LogP contribution in [0.15, 0.2) is 46.9 Å². The summed E-state index contributed by atoms with van der Waals surface area (Å²) in [6.45, 7) is 0.646. The van der Waals surface area contributed by atoms with Crippen molar-refractivity contribution in [2.75, 3.05) is 17.7 Å². The summed E-state index contributed by atoms with van der Waals surface area (Å²) in [4.78, 5) is 13.5. The van der Waals surface area contributed by atoms with E-state index < -0.39 is 5.91 Å². The molecule has 0 aromatic heterocycles. The number of halogens is 1. The second-order valence-corrected chi connectivity index (χ2v) is 5.54. The largest absolute Gasteiger partial charge is 0.399 e. The topological polar surface area (TPSA) is 72.3 Å². The number of nitrogens with zero attached hydrogens (tertiary/aromatic N) is 1. The SMILES string of the molecule is CN(Cc1cccc(N)c1)c1ccc(Br)cc1C(N)=O. The molecule has 4 N–H and O–H groups in total. The van der Waals surface area contributed by atoms with Crippen LogP contribution in [0.2, 0.25) is 0 Å². The van der Waals surface area contributed by atoms with Crippen LogP contribution < -0.4 is 16.4 Å². The predicted molar refractivity (Wildman–Crippen MR) is 85.6 cm³/mol. The van der Waals surface area contributed by atoms with Crippen molar-refractivity contribution in [1.29, 1.82) is 0 Å². The van der Waals surface area contributed by atoms with E-state index in [1.807, 2.05) is 48.3 Å². The Morgan fingerprint density at radius 1 is 1.25 bits per heavy atom. The van der Waals surface area contributed by atoms with E-state index in [0.717, 1.165) is 21.4 Å². The first-order chi connectivity index (χ1) is 9.47. The van der Waals surface area contributed by atoms with Gasteiger partial charge in [-0.1, -0.05) is 28.1 Å². The summed E-state index contributed by atoms with van der Waals surface area (Å²) >= 11 is 3.35. The molecule has 1 amide bonds. The Balaban J connectivity index is 2.29. The Bertz CT molecular complexity index is 643. The monoisotopic (exact) mass is 333 g/mol. The second-order valence-electron chi connectivity index (χ2n) is 4.63. The lowest BCUT2D eigenvalue weighted by Gasteiger charge is -2.22. The highest BCUT2D eigenvalue weighted by Gasteiger charge is 2.12. The molecule has 0 saturated carbocycles. The van der Waals surface area contributed by atoms with Crippen LogP contribution >= 0.6 is 15.9 Å². The maximum absolute atomic E-state index is 11.5. The molecule has 5 heteroatoms. The van der Waals surface area contributed by atoms with E-state index in [-0.39, 0.29) is 0 Å². The maximum Gasteiger partial charge on any atom is 0.250 e. The fourth-order valence-electron chi connectivity index (χ4n) is 2.09. The number of carbonyl (C=O) groups excluding carboxylic acids is 1. The summed E-state index contributed by atoms with van der Waals surface area (Å²) < 4.78 is 0.826. The number of hydrogen-bond acceptors (Lipinski definition) is 3. The van der Waals surface area contributed by atoms with E-state index in [2.05, 4.69) is 15.9 Å². The van der Waals surface area contributed by atoms with Crippen LogP contribution in [0.3, 0.4) is 0 Å². The van der Waals surface area contributed by atoms with E-state index in [4.69, 9.17) is 11.5 Å². The van der Waals surface area contributed by atoms with Crippen molar-refractivity contribution in [3.63, 3.8) is 0 Å². The van der Waals surface area contributed by atoms with Gasteiger partial charge in [0.05, 0.1) is 5.56 Å². The summed E-state index contributed by atoms with van der Waals surface area (Å²) in [5, 5.41) is 0. The molecule has 20 heavy (non-hydrogen) atoms. The second kappa shape index (κ2) is 5.96. The number of hydrogen-bond donors (Lipinski definition) is 2. The number of carbonyl (C=O) groups is 1. The molecule has 0 unspecified atom stereocenters. The smallest absolute Gasteiger partial charge is 0.250 e. The van der Waals surface area contributed by atoms with Gasteiger partial charge in [-0.25, -0.2) is 0 Å². The molecule has 0 aliphatic heterocycles. The zero-order valence-electron chi connectivity index (χ0n) is 11.1. The van der Waals surface area contributed by atoms with Crippen molar-refractivity contribution in [1.82, 2.24) is 0 Å². The third-order valence-corrected chi connectivity index (χ3v) is 3.50. The quantitative estimate of drug-likeness (QED) is 0.845. The van der Waals surface area contributed by atoms with Crippen LogP contribution in [-0.2, 0) is 6.54 Å². The maximum atomic E-state index is 11.5. The molecule has 0 bridgehead atoms. The fourth-order valence-corrected chi connectivity index (χ4v) is 2.45. The molecule has 0 fully saturated rings. The fraction of sp³-hybridized carbons (Fsp3) is 0.133. The van der Waals surface area contributed by atoms with Crippen molar-refractivity contribution in [3.05, 3.63) is 58.1 Å². The average molecular weight is 334 g/mol. The normalized spacial score (nSPS) is 10.3. The van der Waals surface area contributed by atoms with Gasteiger partial charge < -0.3 is 16.4 Å². The molecule has 2 aromatic carbocycles. The number of primary amides is 1. The van der Waals surface area contributed by atoms with Gasteiger partial charge in [-0.2, -0.15) is 0 Å². The summed E-state index contributed by atoms with van der Waals surface area (Å²) in [7, 11) is 1.92. The Kier molecular flexibility index (Phi) is 4.29. The number of benzene rings is 2. The summed E-state index contributed by atoms with van der Waals surface area (Å²) in [6, 6.07) is 13.2. The van der Waals surface area contributed by atoms with Crippen molar-refractivity contribution >= 4 is 33.2 Å². The van der Waals surface area contributed by atoms with Crippen LogP contribution in [0.1, 0.15) is 15.9 Å². The van der Waals surface area contributed by atoms with E-state index in [1.54, 1.807) is 6.07 Å². The zero-order chi connectivity index (χ0) is 14.7. The highest BCUT2D eigenvalue weighted by atomic mass is 79.9. The number of amides is 1. The van der Waals surface area contributed by atoms with Crippen LogP contribution in [0.5, 0.6) is 0 Å². The Morgan fingerprint density at radius 2 is 2.00 bits per heavy atom. The van der Waals surface area contributed by atoms with Crippen molar-refractivity contribution in [3.8, 4) is 0 Å². The molecular weight excluding hydrogens is 318 g/mol. The van der Waals surface area contributed by atoms with Crippen LogP contribution in [0, 0.1) is 0 Å². The number of anilines is 2. The highest BCUT2D eigenvalue weighted by molar-refractivity contribution is 9.10. The van der Waals surface area contributed by atoms with E-state index in [1.165, 1.54) is 0 Å². The Morgan fingerprint density at radius 3 is 2.65 bits per heavy atom. The molecule has 0 heterocycles. The van der Waals surface area contributed by atoms with Gasteiger partial charge in [0.2, 0.25) is 0 Å². The van der Waals surface area contributed by atoms with Gasteiger partial charge in [0.1, 0.15) is 0 Å². The standard InChI is InChI=1S/C15H16BrN3O/c1-19(9-10-3-2-4-12(17)7-10)14-6-5-11(16)8-13(14)15(18)20/h2-8H,9,17H2,1H3,(H2,18,20). The van der Waals surface area contributed by atoms with E-state index in [0.29, 0.717) is 12.1 Å². The lowest BCUT2D eigenvalue weighted by Crippen LogP contribution is -2.22. The first kappa shape index (κ1) is 14.4. The number of rotatable bonds is 4. The minimum atomic E-state index is -0.444.